The van der Waals surface area contributed by atoms with Gasteiger partial charge in [0.15, 0.2) is 10.8 Å². The van der Waals surface area contributed by atoms with Gasteiger partial charge in [0.1, 0.15) is 5.65 Å². The van der Waals surface area contributed by atoms with Crippen LogP contribution < -0.4 is 0 Å². The van der Waals surface area contributed by atoms with Gasteiger partial charge in [-0.25, -0.2) is 4.98 Å². The largest absolute Gasteiger partial charge is 0.332 e. The van der Waals surface area contributed by atoms with E-state index >= 15 is 0 Å². The molecule has 1 atom stereocenters. The topological polar surface area (TPSA) is 55.4 Å². The number of aryl methyl sites for hydroxylation is 1. The third kappa shape index (κ3) is 2.57. The third-order valence-corrected chi connectivity index (χ3v) is 4.75. The molecule has 3 aromatic rings. The summed E-state index contributed by atoms with van der Waals surface area (Å²) in [6.07, 6.45) is 7.62. The second kappa shape index (κ2) is 5.94. The molecule has 0 bridgehead atoms. The van der Waals surface area contributed by atoms with Gasteiger partial charge >= 0.3 is 0 Å². The van der Waals surface area contributed by atoms with Crippen molar-refractivity contribution in [1.29, 1.82) is 0 Å². The van der Waals surface area contributed by atoms with E-state index in [0.29, 0.717) is 17.9 Å². The highest BCUT2D eigenvalue weighted by molar-refractivity contribution is 6.32. The monoisotopic (exact) mass is 343 g/mol. The number of rotatable bonds is 3. The molecule has 24 heavy (non-hydrogen) atoms. The molecule has 0 spiro atoms. The van der Waals surface area contributed by atoms with Gasteiger partial charge in [0, 0.05) is 18.9 Å². The van der Waals surface area contributed by atoms with Crippen LogP contribution >= 0.6 is 11.6 Å². The minimum atomic E-state index is -0.0647. The second-order valence-corrected chi connectivity index (χ2v) is 6.57. The summed E-state index contributed by atoms with van der Waals surface area (Å²) < 4.78 is 3.67. The smallest absolute Gasteiger partial charge is 0.274 e. The van der Waals surface area contributed by atoms with E-state index in [2.05, 4.69) is 10.1 Å². The number of fused-ring (bicyclic) bond motifs is 1. The van der Waals surface area contributed by atoms with Gasteiger partial charge in [-0.15, -0.1) is 0 Å². The molecule has 1 aliphatic rings. The maximum Gasteiger partial charge on any atom is 0.274 e. The fraction of sp³-hybridized carbons (Fsp3) is 0.353. The van der Waals surface area contributed by atoms with E-state index in [1.807, 2.05) is 53.3 Å². The Morgan fingerprint density at radius 1 is 1.42 bits per heavy atom. The summed E-state index contributed by atoms with van der Waals surface area (Å²) in [5.41, 5.74) is 2.25. The number of likely N-dealkylation sites (tertiary alicyclic amines) is 1. The summed E-state index contributed by atoms with van der Waals surface area (Å²) in [6.45, 7) is 3.45. The highest BCUT2D eigenvalue weighted by atomic mass is 35.5. The molecule has 1 amide bonds. The van der Waals surface area contributed by atoms with Gasteiger partial charge in [0.25, 0.3) is 5.91 Å². The Labute approximate surface area is 144 Å². The highest BCUT2D eigenvalue weighted by Gasteiger charge is 2.32. The molecule has 124 valence electrons. The number of hydrogen-bond donors (Lipinski definition) is 0. The Hall–Kier alpha value is -2.34. The van der Waals surface area contributed by atoms with Crippen LogP contribution in [0, 0.1) is 6.92 Å². The van der Waals surface area contributed by atoms with Gasteiger partial charge < -0.3 is 4.90 Å². The lowest BCUT2D eigenvalue weighted by atomic mass is 10.2. The van der Waals surface area contributed by atoms with Crippen molar-refractivity contribution in [3.63, 3.8) is 0 Å². The van der Waals surface area contributed by atoms with Crippen molar-refractivity contribution in [2.24, 2.45) is 0 Å². The summed E-state index contributed by atoms with van der Waals surface area (Å²) >= 11 is 6.26. The zero-order valence-electron chi connectivity index (χ0n) is 13.4. The van der Waals surface area contributed by atoms with Crippen molar-refractivity contribution in [2.75, 3.05) is 6.54 Å². The zero-order valence-corrected chi connectivity index (χ0v) is 14.1. The van der Waals surface area contributed by atoms with Crippen LogP contribution in [0.5, 0.6) is 0 Å². The molecule has 0 aromatic carbocycles. The minimum absolute atomic E-state index is 0.0647. The number of aromatic nitrogens is 4. The molecule has 1 saturated heterocycles. The second-order valence-electron chi connectivity index (χ2n) is 6.21. The molecule has 4 heterocycles. The first kappa shape index (κ1) is 15.2. The molecule has 0 radical (unpaired) electrons. The van der Waals surface area contributed by atoms with Crippen molar-refractivity contribution in [1.82, 2.24) is 24.1 Å². The summed E-state index contributed by atoms with van der Waals surface area (Å²) in [4.78, 5) is 19.3. The molecule has 4 rings (SSSR count). The summed E-state index contributed by atoms with van der Waals surface area (Å²) in [5, 5.41) is 4.59. The fourth-order valence-electron chi connectivity index (χ4n) is 3.37. The first-order valence-electron chi connectivity index (χ1n) is 8.06. The van der Waals surface area contributed by atoms with Gasteiger partial charge in [-0.1, -0.05) is 17.7 Å². The van der Waals surface area contributed by atoms with Crippen molar-refractivity contribution in [3.05, 3.63) is 53.2 Å². The summed E-state index contributed by atoms with van der Waals surface area (Å²) in [5.74, 6) is -0.0647. The lowest BCUT2D eigenvalue weighted by Crippen LogP contribution is -2.38. The molecule has 0 aliphatic carbocycles. The number of nitrogens with zero attached hydrogens (tertiary/aromatic N) is 5. The lowest BCUT2D eigenvalue weighted by Gasteiger charge is -2.24. The van der Waals surface area contributed by atoms with Gasteiger partial charge in [0.05, 0.1) is 18.8 Å². The molecular weight excluding hydrogens is 326 g/mol. The zero-order chi connectivity index (χ0) is 16.7. The van der Waals surface area contributed by atoms with Gasteiger partial charge in [-0.05, 0) is 37.5 Å². The Morgan fingerprint density at radius 2 is 2.29 bits per heavy atom. The first-order valence-corrected chi connectivity index (χ1v) is 8.44. The highest BCUT2D eigenvalue weighted by Crippen LogP contribution is 2.25. The van der Waals surface area contributed by atoms with Gasteiger partial charge in [0.2, 0.25) is 0 Å². The van der Waals surface area contributed by atoms with E-state index in [9.17, 15) is 4.79 Å². The standard InChI is InChI=1S/C17H18ClN5O/c1-12-9-19-21(10-12)11-13-5-4-8-22(13)17(24)15-16(18)20-14-6-2-3-7-23(14)15/h2-3,6-7,9-10,13H,4-5,8,11H2,1H3/t13-/m1/s1. The van der Waals surface area contributed by atoms with E-state index in [1.54, 1.807) is 4.40 Å². The predicted octanol–water partition coefficient (Wildman–Crippen LogP) is 2.80. The van der Waals surface area contributed by atoms with Crippen molar-refractivity contribution in [3.8, 4) is 0 Å². The van der Waals surface area contributed by atoms with Crippen LogP contribution in [0.4, 0.5) is 0 Å². The van der Waals surface area contributed by atoms with Crippen LogP contribution in [-0.4, -0.2) is 42.6 Å². The molecule has 0 N–H and O–H groups in total. The first-order chi connectivity index (χ1) is 11.6. The molecule has 1 fully saturated rings. The van der Waals surface area contributed by atoms with Crippen molar-refractivity contribution < 1.29 is 4.79 Å². The van der Waals surface area contributed by atoms with E-state index in [0.717, 1.165) is 24.9 Å². The number of halogens is 1. The van der Waals surface area contributed by atoms with Crippen LogP contribution in [-0.2, 0) is 6.54 Å². The van der Waals surface area contributed by atoms with E-state index < -0.39 is 0 Å². The average Bonchev–Trinajstić information content (AvgIpc) is 3.25. The minimum Gasteiger partial charge on any atom is -0.332 e. The van der Waals surface area contributed by atoms with Gasteiger partial charge in [-0.2, -0.15) is 5.10 Å². The number of carbonyl (C=O) groups excluding carboxylic acids is 1. The van der Waals surface area contributed by atoms with Crippen LogP contribution in [0.2, 0.25) is 5.15 Å². The maximum atomic E-state index is 13.1. The fourth-order valence-corrected chi connectivity index (χ4v) is 3.63. The maximum absolute atomic E-state index is 13.1. The van der Waals surface area contributed by atoms with Crippen LogP contribution in [0.15, 0.2) is 36.8 Å². The Bertz CT molecular complexity index is 899. The number of amides is 1. The predicted molar refractivity (Wildman–Crippen MR) is 91.2 cm³/mol. The van der Waals surface area contributed by atoms with Crippen LogP contribution in [0.25, 0.3) is 5.65 Å². The van der Waals surface area contributed by atoms with E-state index in [4.69, 9.17) is 11.6 Å². The molecule has 6 nitrogen and oxygen atoms in total. The normalized spacial score (nSPS) is 17.8. The average molecular weight is 344 g/mol. The Balaban J connectivity index is 1.63. The molecule has 1 aliphatic heterocycles. The van der Waals surface area contributed by atoms with Gasteiger partial charge in [-0.3, -0.25) is 13.9 Å². The van der Waals surface area contributed by atoms with Crippen molar-refractivity contribution in [2.45, 2.75) is 32.4 Å². The molecule has 3 aromatic heterocycles. The molecular formula is C17H18ClN5O. The third-order valence-electron chi connectivity index (χ3n) is 4.49. The molecule has 0 unspecified atom stereocenters. The van der Waals surface area contributed by atoms with Crippen LogP contribution in [0.3, 0.4) is 0 Å². The van der Waals surface area contributed by atoms with Crippen LogP contribution in [0.1, 0.15) is 28.9 Å². The quantitative estimate of drug-likeness (QED) is 0.734. The Kier molecular flexibility index (Phi) is 3.76. The molecule has 0 saturated carbocycles. The number of carbonyl (C=O) groups is 1. The number of pyridine rings is 1. The molecule has 7 heteroatoms. The Morgan fingerprint density at radius 3 is 3.08 bits per heavy atom. The van der Waals surface area contributed by atoms with E-state index in [1.165, 1.54) is 0 Å². The lowest BCUT2D eigenvalue weighted by molar-refractivity contribution is 0.0715. The number of hydrogen-bond acceptors (Lipinski definition) is 3. The SMILES string of the molecule is Cc1cnn(C[C@H]2CCCN2C(=O)c2c(Cl)nc3ccccn23)c1. The number of imidazole rings is 1. The van der Waals surface area contributed by atoms with Crippen molar-refractivity contribution >= 4 is 23.2 Å². The summed E-state index contributed by atoms with van der Waals surface area (Å²) in [6, 6.07) is 5.72. The summed E-state index contributed by atoms with van der Waals surface area (Å²) in [7, 11) is 0. The van der Waals surface area contributed by atoms with E-state index in [-0.39, 0.29) is 17.1 Å².